The summed E-state index contributed by atoms with van der Waals surface area (Å²) in [6.07, 6.45) is 1.91. The van der Waals surface area contributed by atoms with E-state index in [0.29, 0.717) is 6.42 Å². The Balaban J connectivity index is 2.78. The molecule has 17 heavy (non-hydrogen) atoms. The maximum Gasteiger partial charge on any atom is 0.147 e. The molecule has 0 spiro atoms. The highest BCUT2D eigenvalue weighted by molar-refractivity contribution is 7.90. The van der Waals surface area contributed by atoms with Gasteiger partial charge in [-0.05, 0) is 25.5 Å². The molecule has 0 fully saturated rings. The van der Waals surface area contributed by atoms with Crippen LogP contribution in [0.25, 0.3) is 0 Å². The molecule has 0 aliphatic carbocycles. The largest absolute Gasteiger partial charge is 0.310 e. The van der Waals surface area contributed by atoms with Crippen LogP contribution in [0.4, 0.5) is 0 Å². The van der Waals surface area contributed by atoms with Crippen molar-refractivity contribution < 1.29 is 8.42 Å². The molecule has 1 rings (SSSR count). The van der Waals surface area contributed by atoms with E-state index in [9.17, 15) is 8.42 Å². The second-order valence-electron chi connectivity index (χ2n) is 4.44. The van der Waals surface area contributed by atoms with E-state index in [1.807, 2.05) is 32.0 Å². The minimum atomic E-state index is -2.90. The Hall–Kier alpha value is -0.870. The molecule has 1 aromatic carbocycles. The molecule has 0 saturated carbocycles. The van der Waals surface area contributed by atoms with E-state index in [2.05, 4.69) is 11.4 Å². The molecule has 1 atom stereocenters. The first-order valence-electron chi connectivity index (χ1n) is 5.90. The molecule has 1 aromatic rings. The molecular weight excluding hydrogens is 234 g/mol. The molecule has 0 aliphatic rings. The highest BCUT2D eigenvalue weighted by Crippen LogP contribution is 2.18. The van der Waals surface area contributed by atoms with E-state index in [1.54, 1.807) is 0 Å². The number of hydrogen-bond donors (Lipinski definition) is 1. The Kier molecular flexibility index (Phi) is 5.15. The lowest BCUT2D eigenvalue weighted by molar-refractivity contribution is 0.529. The Morgan fingerprint density at radius 2 is 2.06 bits per heavy atom. The summed E-state index contributed by atoms with van der Waals surface area (Å²) in [6, 6.07) is 8.33. The molecule has 0 aliphatic heterocycles. The third-order valence-corrected chi connectivity index (χ3v) is 3.65. The first-order valence-corrected chi connectivity index (χ1v) is 7.96. The van der Waals surface area contributed by atoms with Crippen LogP contribution in [-0.2, 0) is 9.84 Å². The van der Waals surface area contributed by atoms with E-state index in [0.717, 1.165) is 12.1 Å². The summed E-state index contributed by atoms with van der Waals surface area (Å²) in [7, 11) is -2.90. The third-order valence-electron chi connectivity index (χ3n) is 2.67. The van der Waals surface area contributed by atoms with Gasteiger partial charge in [-0.3, -0.25) is 0 Å². The Labute approximate surface area is 104 Å². The van der Waals surface area contributed by atoms with Gasteiger partial charge in [0, 0.05) is 12.3 Å². The zero-order chi connectivity index (χ0) is 12.9. The van der Waals surface area contributed by atoms with Gasteiger partial charge in [-0.15, -0.1) is 0 Å². The Bertz CT molecular complexity index is 454. The monoisotopic (exact) mass is 255 g/mol. The van der Waals surface area contributed by atoms with Gasteiger partial charge >= 0.3 is 0 Å². The summed E-state index contributed by atoms with van der Waals surface area (Å²) >= 11 is 0. The molecule has 0 saturated heterocycles. The van der Waals surface area contributed by atoms with Crippen molar-refractivity contribution in [2.45, 2.75) is 26.3 Å². The number of rotatable bonds is 6. The lowest BCUT2D eigenvalue weighted by Crippen LogP contribution is -2.23. The van der Waals surface area contributed by atoms with Crippen LogP contribution < -0.4 is 5.32 Å². The van der Waals surface area contributed by atoms with Crippen molar-refractivity contribution in [3.8, 4) is 0 Å². The highest BCUT2D eigenvalue weighted by atomic mass is 32.2. The van der Waals surface area contributed by atoms with Gasteiger partial charge in [-0.25, -0.2) is 8.42 Å². The number of nitrogens with one attached hydrogen (secondary N) is 1. The summed E-state index contributed by atoms with van der Waals surface area (Å²) in [4.78, 5) is 0. The summed E-state index contributed by atoms with van der Waals surface area (Å²) in [5.41, 5.74) is 2.36. The van der Waals surface area contributed by atoms with Crippen molar-refractivity contribution >= 4 is 9.84 Å². The lowest BCUT2D eigenvalue weighted by atomic mass is 10.0. The van der Waals surface area contributed by atoms with Gasteiger partial charge in [-0.1, -0.05) is 36.8 Å². The summed E-state index contributed by atoms with van der Waals surface area (Å²) in [5, 5.41) is 3.33. The van der Waals surface area contributed by atoms with Crippen LogP contribution in [0.2, 0.25) is 0 Å². The van der Waals surface area contributed by atoms with Crippen molar-refractivity contribution in [1.82, 2.24) is 5.32 Å². The van der Waals surface area contributed by atoms with Crippen LogP contribution in [0.15, 0.2) is 24.3 Å². The van der Waals surface area contributed by atoms with E-state index in [1.165, 1.54) is 11.8 Å². The molecule has 0 radical (unpaired) electrons. The topological polar surface area (TPSA) is 46.2 Å². The van der Waals surface area contributed by atoms with Crippen molar-refractivity contribution in [1.29, 1.82) is 0 Å². The standard InChI is InChI=1S/C13H21NO2S/c1-4-14-13(8-9-17(3,15)16)12-7-5-6-11(2)10-12/h5-7,10,13-14H,4,8-9H2,1-3H3. The van der Waals surface area contributed by atoms with Gasteiger partial charge in [0.1, 0.15) is 9.84 Å². The lowest BCUT2D eigenvalue weighted by Gasteiger charge is -2.18. The highest BCUT2D eigenvalue weighted by Gasteiger charge is 2.13. The van der Waals surface area contributed by atoms with Crippen LogP contribution in [0.3, 0.4) is 0 Å². The molecule has 4 heteroatoms. The average Bonchev–Trinajstić information content (AvgIpc) is 2.23. The van der Waals surface area contributed by atoms with Crippen LogP contribution in [-0.4, -0.2) is 27.0 Å². The van der Waals surface area contributed by atoms with Gasteiger partial charge in [0.15, 0.2) is 0 Å². The average molecular weight is 255 g/mol. The molecule has 0 aromatic heterocycles. The molecular formula is C13H21NO2S. The number of hydrogen-bond acceptors (Lipinski definition) is 3. The maximum absolute atomic E-state index is 11.2. The van der Waals surface area contributed by atoms with Crippen LogP contribution in [0, 0.1) is 6.92 Å². The van der Waals surface area contributed by atoms with E-state index < -0.39 is 9.84 Å². The van der Waals surface area contributed by atoms with Crippen LogP contribution >= 0.6 is 0 Å². The van der Waals surface area contributed by atoms with Gasteiger partial charge in [0.2, 0.25) is 0 Å². The molecule has 96 valence electrons. The smallest absolute Gasteiger partial charge is 0.147 e. The first-order chi connectivity index (χ1) is 7.92. The number of aryl methyl sites for hydroxylation is 1. The van der Waals surface area contributed by atoms with Gasteiger partial charge in [0.05, 0.1) is 5.75 Å². The molecule has 1 N–H and O–H groups in total. The van der Waals surface area contributed by atoms with Crippen molar-refractivity contribution in [3.05, 3.63) is 35.4 Å². The molecule has 0 amide bonds. The summed E-state index contributed by atoms with van der Waals surface area (Å²) < 4.78 is 22.4. The number of benzene rings is 1. The maximum atomic E-state index is 11.2. The van der Waals surface area contributed by atoms with Crippen molar-refractivity contribution in [3.63, 3.8) is 0 Å². The van der Waals surface area contributed by atoms with E-state index in [4.69, 9.17) is 0 Å². The van der Waals surface area contributed by atoms with Crippen molar-refractivity contribution in [2.75, 3.05) is 18.6 Å². The SMILES string of the molecule is CCNC(CCS(C)(=O)=O)c1cccc(C)c1. The Morgan fingerprint density at radius 1 is 1.35 bits per heavy atom. The third kappa shape index (κ3) is 5.33. The second kappa shape index (κ2) is 6.17. The predicted octanol–water partition coefficient (Wildman–Crippen LogP) is 2.08. The minimum absolute atomic E-state index is 0.120. The molecule has 1 unspecified atom stereocenters. The summed E-state index contributed by atoms with van der Waals surface area (Å²) in [5.74, 6) is 0.221. The summed E-state index contributed by atoms with van der Waals surface area (Å²) in [6.45, 7) is 4.91. The van der Waals surface area contributed by atoms with Gasteiger partial charge < -0.3 is 5.32 Å². The minimum Gasteiger partial charge on any atom is -0.310 e. The molecule has 3 nitrogen and oxygen atoms in total. The second-order valence-corrected chi connectivity index (χ2v) is 6.70. The van der Waals surface area contributed by atoms with Gasteiger partial charge in [0.25, 0.3) is 0 Å². The van der Waals surface area contributed by atoms with E-state index in [-0.39, 0.29) is 11.8 Å². The van der Waals surface area contributed by atoms with E-state index >= 15 is 0 Å². The van der Waals surface area contributed by atoms with Gasteiger partial charge in [-0.2, -0.15) is 0 Å². The Morgan fingerprint density at radius 3 is 2.59 bits per heavy atom. The van der Waals surface area contributed by atoms with Crippen LogP contribution in [0.5, 0.6) is 0 Å². The molecule has 0 heterocycles. The zero-order valence-corrected chi connectivity index (χ0v) is 11.5. The predicted molar refractivity (Wildman–Crippen MR) is 71.9 cm³/mol. The zero-order valence-electron chi connectivity index (χ0n) is 10.7. The molecule has 0 bridgehead atoms. The fraction of sp³-hybridized carbons (Fsp3) is 0.538. The fourth-order valence-electron chi connectivity index (χ4n) is 1.85. The quantitative estimate of drug-likeness (QED) is 0.846. The normalized spacial score (nSPS) is 13.6. The number of sulfone groups is 1. The van der Waals surface area contributed by atoms with Crippen molar-refractivity contribution in [2.24, 2.45) is 0 Å². The van der Waals surface area contributed by atoms with Crippen LogP contribution in [0.1, 0.15) is 30.5 Å². The fourth-order valence-corrected chi connectivity index (χ4v) is 2.52. The first kappa shape index (κ1) is 14.2.